The van der Waals surface area contributed by atoms with Crippen LogP contribution in [0.5, 0.6) is 0 Å². The SMILES string of the molecule is O=C(O)C1CCCN1C(=O)Nc1ccc(Br)c(Cl)c1. The highest BCUT2D eigenvalue weighted by Crippen LogP contribution is 2.26. The largest absolute Gasteiger partial charge is 0.480 e. The van der Waals surface area contributed by atoms with Gasteiger partial charge in [-0.15, -0.1) is 0 Å². The van der Waals surface area contributed by atoms with Crippen molar-refractivity contribution >= 4 is 45.2 Å². The van der Waals surface area contributed by atoms with E-state index in [0.717, 1.165) is 4.47 Å². The maximum absolute atomic E-state index is 12.0. The van der Waals surface area contributed by atoms with Crippen LogP contribution >= 0.6 is 27.5 Å². The molecule has 102 valence electrons. The Morgan fingerprint density at radius 3 is 2.84 bits per heavy atom. The number of nitrogens with zero attached hydrogens (tertiary/aromatic N) is 1. The highest BCUT2D eigenvalue weighted by atomic mass is 79.9. The molecular formula is C12H12BrClN2O3. The van der Waals surface area contributed by atoms with Gasteiger partial charge in [0.25, 0.3) is 0 Å². The monoisotopic (exact) mass is 346 g/mol. The van der Waals surface area contributed by atoms with Crippen molar-refractivity contribution in [3.8, 4) is 0 Å². The molecule has 0 bridgehead atoms. The number of halogens is 2. The van der Waals surface area contributed by atoms with Gasteiger partial charge >= 0.3 is 12.0 Å². The zero-order chi connectivity index (χ0) is 14.0. The topological polar surface area (TPSA) is 69.6 Å². The Bertz CT molecular complexity index is 524. The van der Waals surface area contributed by atoms with Gasteiger partial charge in [-0.3, -0.25) is 0 Å². The lowest BCUT2D eigenvalue weighted by atomic mass is 10.2. The second-order valence-electron chi connectivity index (χ2n) is 4.25. The first-order valence-electron chi connectivity index (χ1n) is 5.74. The Balaban J connectivity index is 2.08. The van der Waals surface area contributed by atoms with Gasteiger partial charge in [0, 0.05) is 16.7 Å². The molecule has 1 atom stereocenters. The number of carbonyl (C=O) groups is 2. The van der Waals surface area contributed by atoms with E-state index >= 15 is 0 Å². The molecule has 0 radical (unpaired) electrons. The molecule has 1 saturated heterocycles. The molecule has 1 aliphatic rings. The molecule has 2 N–H and O–H groups in total. The van der Waals surface area contributed by atoms with Crippen LogP contribution in [-0.4, -0.2) is 34.6 Å². The lowest BCUT2D eigenvalue weighted by molar-refractivity contribution is -0.141. The highest BCUT2D eigenvalue weighted by Gasteiger charge is 2.33. The number of anilines is 1. The van der Waals surface area contributed by atoms with Gasteiger partial charge in [0.2, 0.25) is 0 Å². The molecule has 1 aromatic carbocycles. The van der Waals surface area contributed by atoms with Gasteiger partial charge in [0.15, 0.2) is 0 Å². The second kappa shape index (κ2) is 5.79. The van der Waals surface area contributed by atoms with Crippen molar-refractivity contribution in [2.75, 3.05) is 11.9 Å². The Labute approximate surface area is 123 Å². The molecule has 2 amide bonds. The quantitative estimate of drug-likeness (QED) is 0.863. The molecule has 1 aliphatic heterocycles. The van der Waals surface area contributed by atoms with Crippen LogP contribution in [0.25, 0.3) is 0 Å². The molecule has 1 unspecified atom stereocenters. The Morgan fingerprint density at radius 2 is 2.21 bits per heavy atom. The first kappa shape index (κ1) is 14.1. The highest BCUT2D eigenvalue weighted by molar-refractivity contribution is 9.10. The van der Waals surface area contributed by atoms with Crippen molar-refractivity contribution in [1.82, 2.24) is 4.90 Å². The summed E-state index contributed by atoms with van der Waals surface area (Å²) >= 11 is 9.19. The maximum Gasteiger partial charge on any atom is 0.326 e. The molecule has 5 nitrogen and oxygen atoms in total. The molecule has 1 aromatic rings. The molecule has 2 rings (SSSR count). The first-order valence-corrected chi connectivity index (χ1v) is 6.91. The van der Waals surface area contributed by atoms with Crippen LogP contribution in [0.2, 0.25) is 5.02 Å². The van der Waals surface area contributed by atoms with Gasteiger partial charge < -0.3 is 15.3 Å². The molecular weight excluding hydrogens is 336 g/mol. The Kier molecular flexibility index (Phi) is 4.31. The van der Waals surface area contributed by atoms with Crippen LogP contribution in [0, 0.1) is 0 Å². The van der Waals surface area contributed by atoms with Gasteiger partial charge in [-0.25, -0.2) is 9.59 Å². The van der Waals surface area contributed by atoms with E-state index in [1.165, 1.54) is 4.90 Å². The van der Waals surface area contributed by atoms with Crippen LogP contribution in [0.1, 0.15) is 12.8 Å². The van der Waals surface area contributed by atoms with Crippen molar-refractivity contribution in [3.05, 3.63) is 27.7 Å². The van der Waals surface area contributed by atoms with E-state index in [1.54, 1.807) is 18.2 Å². The number of hydrogen-bond acceptors (Lipinski definition) is 2. The number of aliphatic carboxylic acids is 1. The first-order chi connectivity index (χ1) is 8.99. The molecule has 0 spiro atoms. The van der Waals surface area contributed by atoms with Crippen LogP contribution in [0.3, 0.4) is 0 Å². The number of amides is 2. The van der Waals surface area contributed by atoms with Gasteiger partial charge in [0.05, 0.1) is 5.02 Å². The van der Waals surface area contributed by atoms with E-state index in [2.05, 4.69) is 21.2 Å². The zero-order valence-corrected chi connectivity index (χ0v) is 12.2. The van der Waals surface area contributed by atoms with E-state index in [4.69, 9.17) is 16.7 Å². The zero-order valence-electron chi connectivity index (χ0n) is 9.90. The number of hydrogen-bond donors (Lipinski definition) is 2. The number of carbonyl (C=O) groups excluding carboxylic acids is 1. The van der Waals surface area contributed by atoms with Crippen molar-refractivity contribution < 1.29 is 14.7 Å². The maximum atomic E-state index is 12.0. The Morgan fingerprint density at radius 1 is 1.47 bits per heavy atom. The molecule has 0 aromatic heterocycles. The van der Waals surface area contributed by atoms with E-state index < -0.39 is 18.0 Å². The summed E-state index contributed by atoms with van der Waals surface area (Å²) in [4.78, 5) is 24.4. The minimum absolute atomic E-state index is 0.414. The predicted molar refractivity (Wildman–Crippen MR) is 75.5 cm³/mol. The van der Waals surface area contributed by atoms with Crippen molar-refractivity contribution in [1.29, 1.82) is 0 Å². The van der Waals surface area contributed by atoms with Crippen molar-refractivity contribution in [3.63, 3.8) is 0 Å². The smallest absolute Gasteiger partial charge is 0.326 e. The molecule has 7 heteroatoms. The van der Waals surface area contributed by atoms with Crippen molar-refractivity contribution in [2.24, 2.45) is 0 Å². The number of likely N-dealkylation sites (tertiary alicyclic amines) is 1. The summed E-state index contributed by atoms with van der Waals surface area (Å²) in [5.41, 5.74) is 0.536. The minimum Gasteiger partial charge on any atom is -0.480 e. The van der Waals surface area contributed by atoms with E-state index in [0.29, 0.717) is 30.1 Å². The van der Waals surface area contributed by atoms with E-state index in [9.17, 15) is 9.59 Å². The van der Waals surface area contributed by atoms with Crippen LogP contribution < -0.4 is 5.32 Å². The molecule has 1 heterocycles. The average Bonchev–Trinajstić information content (AvgIpc) is 2.83. The third kappa shape index (κ3) is 3.19. The average molecular weight is 348 g/mol. The van der Waals surface area contributed by atoms with Crippen molar-refractivity contribution in [2.45, 2.75) is 18.9 Å². The molecule has 1 fully saturated rings. The summed E-state index contributed by atoms with van der Waals surface area (Å²) in [5, 5.41) is 12.2. The fourth-order valence-electron chi connectivity index (χ4n) is 2.04. The summed E-state index contributed by atoms with van der Waals surface area (Å²) in [7, 11) is 0. The lowest BCUT2D eigenvalue weighted by Crippen LogP contribution is -2.42. The van der Waals surface area contributed by atoms with Crippen LogP contribution in [-0.2, 0) is 4.79 Å². The normalized spacial score (nSPS) is 18.4. The number of nitrogens with one attached hydrogen (secondary N) is 1. The fraction of sp³-hybridized carbons (Fsp3) is 0.333. The molecule has 0 saturated carbocycles. The summed E-state index contributed by atoms with van der Waals surface area (Å²) < 4.78 is 0.733. The summed E-state index contributed by atoms with van der Waals surface area (Å²) in [6, 6.07) is 3.86. The Hall–Kier alpha value is -1.27. The summed E-state index contributed by atoms with van der Waals surface area (Å²) in [6.07, 6.45) is 1.19. The fourth-order valence-corrected chi connectivity index (χ4v) is 2.46. The number of rotatable bonds is 2. The number of urea groups is 1. The third-order valence-corrected chi connectivity index (χ3v) is 4.20. The predicted octanol–water partition coefficient (Wildman–Crippen LogP) is 3.18. The van der Waals surface area contributed by atoms with E-state index in [-0.39, 0.29) is 0 Å². The van der Waals surface area contributed by atoms with Gasteiger partial charge in [-0.05, 0) is 47.0 Å². The lowest BCUT2D eigenvalue weighted by Gasteiger charge is -2.21. The number of carboxylic acids is 1. The van der Waals surface area contributed by atoms with Crippen LogP contribution in [0.15, 0.2) is 22.7 Å². The van der Waals surface area contributed by atoms with Gasteiger partial charge in [-0.1, -0.05) is 11.6 Å². The minimum atomic E-state index is -0.971. The van der Waals surface area contributed by atoms with Gasteiger partial charge in [-0.2, -0.15) is 0 Å². The second-order valence-corrected chi connectivity index (χ2v) is 5.51. The standard InChI is InChI=1S/C12H12BrClN2O3/c13-8-4-3-7(6-9(8)14)15-12(19)16-5-1-2-10(16)11(17)18/h3-4,6,10H,1-2,5H2,(H,15,19)(H,17,18). The van der Waals surface area contributed by atoms with Crippen LogP contribution in [0.4, 0.5) is 10.5 Å². The molecule has 19 heavy (non-hydrogen) atoms. The van der Waals surface area contributed by atoms with Gasteiger partial charge in [0.1, 0.15) is 6.04 Å². The third-order valence-electron chi connectivity index (χ3n) is 2.97. The number of carboxylic acid groups (broad SMARTS) is 1. The van der Waals surface area contributed by atoms with E-state index in [1.807, 2.05) is 0 Å². The summed E-state index contributed by atoms with van der Waals surface area (Å²) in [6.45, 7) is 0.451. The molecule has 0 aliphatic carbocycles. The number of benzene rings is 1. The summed E-state index contributed by atoms with van der Waals surface area (Å²) in [5.74, 6) is -0.971.